The highest BCUT2D eigenvalue weighted by atomic mass is 32.2. The molecule has 0 N–H and O–H groups in total. The summed E-state index contributed by atoms with van der Waals surface area (Å²) in [6, 6.07) is 3.26. The summed E-state index contributed by atoms with van der Waals surface area (Å²) in [5.74, 6) is -4.97. The Morgan fingerprint density at radius 2 is 1.71 bits per heavy atom. The zero-order chi connectivity index (χ0) is 20.6. The number of anilines is 2. The minimum Gasteiger partial charge on any atom is -0.361 e. The van der Waals surface area contributed by atoms with Crippen molar-refractivity contribution in [2.45, 2.75) is 25.3 Å². The van der Waals surface area contributed by atoms with Crippen molar-refractivity contribution in [3.63, 3.8) is 0 Å². The Balaban J connectivity index is 2.18. The lowest BCUT2D eigenvalue weighted by Gasteiger charge is -2.32. The standard InChI is InChI=1S/C18H19F4N3O2S/c1-3-24(4-2)18-14(21)16-15(17(22)23-18)25(8-9-28(16,26)27)10-11-12(19)6-5-7-13(11)20/h5-7H,3-4,8-10H2,1-2H3. The van der Waals surface area contributed by atoms with Crippen molar-refractivity contribution in [1.82, 2.24) is 4.98 Å². The molecule has 1 aliphatic rings. The Kier molecular flexibility index (Phi) is 5.51. The van der Waals surface area contributed by atoms with Crippen LogP contribution in [0, 0.1) is 23.4 Å². The van der Waals surface area contributed by atoms with E-state index >= 15 is 4.39 Å². The van der Waals surface area contributed by atoms with Crippen LogP contribution < -0.4 is 9.80 Å². The van der Waals surface area contributed by atoms with Crippen molar-refractivity contribution in [2.75, 3.05) is 35.2 Å². The molecule has 10 heteroatoms. The largest absolute Gasteiger partial charge is 0.361 e. The minimum atomic E-state index is -4.12. The van der Waals surface area contributed by atoms with E-state index in [9.17, 15) is 21.6 Å². The monoisotopic (exact) mass is 417 g/mol. The average Bonchev–Trinajstić information content (AvgIpc) is 2.64. The third-order valence-corrected chi connectivity index (χ3v) is 6.46. The molecule has 0 saturated carbocycles. The van der Waals surface area contributed by atoms with Gasteiger partial charge in [-0.3, -0.25) is 0 Å². The summed E-state index contributed by atoms with van der Waals surface area (Å²) in [5.41, 5.74) is -0.956. The number of nitrogens with zero attached hydrogens (tertiary/aromatic N) is 3. The Labute approximate surface area is 160 Å². The number of pyridine rings is 1. The van der Waals surface area contributed by atoms with Gasteiger partial charge in [-0.15, -0.1) is 0 Å². The van der Waals surface area contributed by atoms with Gasteiger partial charge in [0.05, 0.1) is 5.75 Å². The van der Waals surface area contributed by atoms with Gasteiger partial charge < -0.3 is 9.80 Å². The summed E-state index contributed by atoms with van der Waals surface area (Å²) < 4.78 is 82.9. The molecule has 0 unspecified atom stereocenters. The van der Waals surface area contributed by atoms with Gasteiger partial charge in [-0.1, -0.05) is 6.07 Å². The van der Waals surface area contributed by atoms with Gasteiger partial charge >= 0.3 is 0 Å². The van der Waals surface area contributed by atoms with E-state index < -0.39 is 61.9 Å². The van der Waals surface area contributed by atoms with Gasteiger partial charge in [-0.05, 0) is 26.0 Å². The SMILES string of the molecule is CCN(CC)c1nc(F)c2c(c1F)S(=O)(=O)CCN2Cc1c(F)cccc1F. The van der Waals surface area contributed by atoms with E-state index in [1.165, 1.54) is 11.0 Å². The predicted octanol–water partition coefficient (Wildman–Crippen LogP) is 3.28. The first-order valence-electron chi connectivity index (χ1n) is 8.75. The number of benzene rings is 1. The zero-order valence-corrected chi connectivity index (χ0v) is 16.2. The maximum atomic E-state index is 15.1. The van der Waals surface area contributed by atoms with Gasteiger partial charge in [-0.25, -0.2) is 21.6 Å². The highest BCUT2D eigenvalue weighted by Gasteiger charge is 2.38. The maximum absolute atomic E-state index is 15.1. The van der Waals surface area contributed by atoms with Gasteiger partial charge in [0.25, 0.3) is 0 Å². The summed E-state index contributed by atoms with van der Waals surface area (Å²) >= 11 is 0. The molecule has 152 valence electrons. The number of aromatic nitrogens is 1. The molecule has 0 bridgehead atoms. The number of rotatable bonds is 5. The fourth-order valence-electron chi connectivity index (χ4n) is 3.26. The first kappa shape index (κ1) is 20.4. The second-order valence-electron chi connectivity index (χ2n) is 6.33. The van der Waals surface area contributed by atoms with E-state index in [1.807, 2.05) is 0 Å². The molecule has 1 aromatic heterocycles. The summed E-state index contributed by atoms with van der Waals surface area (Å²) in [7, 11) is -4.12. The Hall–Kier alpha value is -2.36. The van der Waals surface area contributed by atoms with Gasteiger partial charge in [-0.2, -0.15) is 9.37 Å². The number of hydrogen-bond donors (Lipinski definition) is 0. The molecule has 2 aromatic rings. The summed E-state index contributed by atoms with van der Waals surface area (Å²) in [6.45, 7) is 3.29. The van der Waals surface area contributed by atoms with Crippen LogP contribution >= 0.6 is 0 Å². The lowest BCUT2D eigenvalue weighted by Crippen LogP contribution is -2.38. The third-order valence-electron chi connectivity index (χ3n) is 4.74. The van der Waals surface area contributed by atoms with Gasteiger partial charge in [0, 0.05) is 31.7 Å². The van der Waals surface area contributed by atoms with Crippen molar-refractivity contribution < 1.29 is 26.0 Å². The number of hydrogen-bond acceptors (Lipinski definition) is 5. The molecule has 0 spiro atoms. The lowest BCUT2D eigenvalue weighted by molar-refractivity contribution is 0.508. The minimum absolute atomic E-state index is 0.244. The molecule has 5 nitrogen and oxygen atoms in total. The fraction of sp³-hybridized carbons (Fsp3) is 0.389. The Morgan fingerprint density at radius 3 is 2.29 bits per heavy atom. The molecule has 1 aliphatic heterocycles. The van der Waals surface area contributed by atoms with Crippen LogP contribution in [0.4, 0.5) is 29.1 Å². The molecule has 0 fully saturated rings. The number of sulfone groups is 1. The molecule has 1 aromatic carbocycles. The van der Waals surface area contributed by atoms with E-state index in [1.54, 1.807) is 13.8 Å². The smallest absolute Gasteiger partial charge is 0.239 e. The Bertz CT molecular complexity index is 990. The highest BCUT2D eigenvalue weighted by Crippen LogP contribution is 2.39. The quantitative estimate of drug-likeness (QED) is 0.552. The molecular formula is C18H19F4N3O2S. The summed E-state index contributed by atoms with van der Waals surface area (Å²) in [4.78, 5) is 5.31. The van der Waals surface area contributed by atoms with Crippen molar-refractivity contribution in [3.05, 3.63) is 47.2 Å². The van der Waals surface area contributed by atoms with Gasteiger partial charge in [0.15, 0.2) is 21.5 Å². The van der Waals surface area contributed by atoms with Crippen LogP contribution in [0.1, 0.15) is 19.4 Å². The molecule has 0 aliphatic carbocycles. The summed E-state index contributed by atoms with van der Waals surface area (Å²) in [5, 5.41) is 0. The van der Waals surface area contributed by atoms with Crippen molar-refractivity contribution in [3.8, 4) is 0 Å². The number of halogens is 4. The third kappa shape index (κ3) is 3.41. The van der Waals surface area contributed by atoms with Crippen LogP contribution in [0.2, 0.25) is 0 Å². The zero-order valence-electron chi connectivity index (χ0n) is 15.3. The predicted molar refractivity (Wildman–Crippen MR) is 97.2 cm³/mol. The van der Waals surface area contributed by atoms with E-state index in [4.69, 9.17) is 0 Å². The van der Waals surface area contributed by atoms with Crippen LogP contribution in [-0.2, 0) is 16.4 Å². The van der Waals surface area contributed by atoms with Crippen molar-refractivity contribution >= 4 is 21.3 Å². The van der Waals surface area contributed by atoms with E-state index in [0.717, 1.165) is 17.0 Å². The number of fused-ring (bicyclic) bond motifs is 1. The molecule has 0 atom stereocenters. The fourth-order valence-corrected chi connectivity index (χ4v) is 4.80. The van der Waals surface area contributed by atoms with E-state index in [0.29, 0.717) is 13.1 Å². The van der Waals surface area contributed by atoms with E-state index in [-0.39, 0.29) is 12.1 Å². The first-order valence-corrected chi connectivity index (χ1v) is 10.4. The molecule has 3 rings (SSSR count). The van der Waals surface area contributed by atoms with Crippen LogP contribution in [0.15, 0.2) is 23.1 Å². The van der Waals surface area contributed by atoms with Gasteiger partial charge in [0.1, 0.15) is 22.2 Å². The molecule has 2 heterocycles. The lowest BCUT2D eigenvalue weighted by atomic mass is 10.1. The second-order valence-corrected chi connectivity index (χ2v) is 8.38. The second kappa shape index (κ2) is 7.57. The van der Waals surface area contributed by atoms with Crippen LogP contribution in [-0.4, -0.2) is 38.8 Å². The van der Waals surface area contributed by atoms with Crippen molar-refractivity contribution in [1.29, 1.82) is 0 Å². The topological polar surface area (TPSA) is 53.5 Å². The summed E-state index contributed by atoms with van der Waals surface area (Å²) in [6.07, 6.45) is 0. The van der Waals surface area contributed by atoms with Crippen LogP contribution in [0.3, 0.4) is 0 Å². The molecule has 0 saturated heterocycles. The van der Waals surface area contributed by atoms with Crippen LogP contribution in [0.25, 0.3) is 0 Å². The normalized spacial score (nSPS) is 15.4. The molecule has 0 amide bonds. The highest BCUT2D eigenvalue weighted by molar-refractivity contribution is 7.91. The molecule has 28 heavy (non-hydrogen) atoms. The molecule has 0 radical (unpaired) electrons. The van der Waals surface area contributed by atoms with E-state index in [2.05, 4.69) is 4.98 Å². The maximum Gasteiger partial charge on any atom is 0.239 e. The first-order chi connectivity index (χ1) is 13.2. The van der Waals surface area contributed by atoms with Crippen LogP contribution in [0.5, 0.6) is 0 Å². The van der Waals surface area contributed by atoms with Gasteiger partial charge in [0.2, 0.25) is 5.95 Å². The Morgan fingerprint density at radius 1 is 1.11 bits per heavy atom. The average molecular weight is 417 g/mol. The molecular weight excluding hydrogens is 398 g/mol. The van der Waals surface area contributed by atoms with Crippen molar-refractivity contribution in [2.24, 2.45) is 0 Å².